The lowest BCUT2D eigenvalue weighted by Crippen LogP contribution is -2.39. The normalized spacial score (nSPS) is 31.5. The van der Waals surface area contributed by atoms with Crippen molar-refractivity contribution in [1.29, 1.82) is 0 Å². The molecule has 2 bridgehead atoms. The van der Waals surface area contributed by atoms with Gasteiger partial charge in [0.05, 0.1) is 5.03 Å². The Morgan fingerprint density at radius 3 is 2.74 bits per heavy atom. The van der Waals surface area contributed by atoms with E-state index in [2.05, 4.69) is 40.2 Å². The number of amides is 1. The highest BCUT2D eigenvalue weighted by Gasteiger charge is 2.55. The van der Waals surface area contributed by atoms with Gasteiger partial charge in [0, 0.05) is 33.6 Å². The van der Waals surface area contributed by atoms with Gasteiger partial charge in [-0.05, 0) is 74.0 Å². The smallest absolute Gasteiger partial charge is 0.308 e. The molecule has 5 atom stereocenters. The monoisotopic (exact) mass is 518 g/mol. The third kappa shape index (κ3) is 3.46. The number of piperidine rings is 1. The SMILES string of the molecule is O=C(Cn1c2c(sc1=O)C(c1cccc(Br)c1)C1C3CCC(C3)C1S2)N1CCCCC1. The molecule has 1 saturated heterocycles. The lowest BCUT2D eigenvalue weighted by atomic mass is 9.75. The Bertz CT molecular complexity index is 1070. The summed E-state index contributed by atoms with van der Waals surface area (Å²) in [4.78, 5) is 29.4. The summed E-state index contributed by atoms with van der Waals surface area (Å²) in [6, 6.07) is 8.65. The van der Waals surface area contributed by atoms with E-state index in [4.69, 9.17) is 0 Å². The zero-order valence-corrected chi connectivity index (χ0v) is 20.7. The lowest BCUT2D eigenvalue weighted by molar-refractivity contribution is -0.132. The predicted molar refractivity (Wildman–Crippen MR) is 129 cm³/mol. The molecule has 5 unspecified atom stereocenters. The summed E-state index contributed by atoms with van der Waals surface area (Å²) < 4.78 is 2.91. The molecule has 1 aromatic heterocycles. The van der Waals surface area contributed by atoms with Crippen LogP contribution >= 0.6 is 39.0 Å². The van der Waals surface area contributed by atoms with Crippen LogP contribution in [-0.4, -0.2) is 33.7 Å². The molecule has 2 aliphatic heterocycles. The molecule has 164 valence electrons. The zero-order chi connectivity index (χ0) is 21.1. The van der Waals surface area contributed by atoms with E-state index in [0.717, 1.165) is 47.3 Å². The van der Waals surface area contributed by atoms with Gasteiger partial charge in [0.1, 0.15) is 6.54 Å². The second-order valence-electron chi connectivity index (χ2n) is 9.59. The molecular weight excluding hydrogens is 492 g/mol. The number of nitrogens with zero attached hydrogens (tertiary/aromatic N) is 2. The fraction of sp³-hybridized carbons (Fsp3) is 0.583. The standard InChI is InChI=1S/C24H27BrN2O2S2/c25-17-6-4-5-14(12-17)20-19-15-7-8-16(11-15)21(19)30-23-22(20)31-24(29)27(23)13-18(28)26-9-2-1-3-10-26/h4-6,12,15-16,19-21H,1-3,7-11,13H2. The molecule has 7 heteroatoms. The Kier molecular flexibility index (Phi) is 5.35. The van der Waals surface area contributed by atoms with Crippen molar-refractivity contribution in [2.75, 3.05) is 13.1 Å². The quantitative estimate of drug-likeness (QED) is 0.550. The maximum Gasteiger partial charge on any atom is 0.308 e. The van der Waals surface area contributed by atoms with Gasteiger partial charge in [-0.1, -0.05) is 39.4 Å². The minimum atomic E-state index is 0.0372. The second-order valence-corrected chi connectivity index (χ2v) is 12.7. The first-order valence-electron chi connectivity index (χ1n) is 11.5. The summed E-state index contributed by atoms with van der Waals surface area (Å²) in [6.45, 7) is 1.87. The van der Waals surface area contributed by atoms with Crippen LogP contribution in [0.3, 0.4) is 0 Å². The number of carbonyl (C=O) groups excluding carboxylic acids is 1. The first-order chi connectivity index (χ1) is 15.1. The molecule has 4 aliphatic rings. The van der Waals surface area contributed by atoms with Crippen LogP contribution in [0.4, 0.5) is 0 Å². The largest absolute Gasteiger partial charge is 0.341 e. The molecule has 2 aromatic rings. The summed E-state index contributed by atoms with van der Waals surface area (Å²) in [7, 11) is 0. The van der Waals surface area contributed by atoms with Gasteiger partial charge in [0.25, 0.3) is 0 Å². The summed E-state index contributed by atoms with van der Waals surface area (Å²) >= 11 is 6.97. The van der Waals surface area contributed by atoms with Crippen LogP contribution in [0.5, 0.6) is 0 Å². The molecular formula is C24H27BrN2O2S2. The summed E-state index contributed by atoms with van der Waals surface area (Å²) in [6.07, 6.45) is 7.34. The molecule has 0 radical (unpaired) electrons. The number of thiazole rings is 1. The third-order valence-corrected chi connectivity index (χ3v) is 11.2. The highest BCUT2D eigenvalue weighted by molar-refractivity contribution is 9.10. The number of aromatic nitrogens is 1. The fourth-order valence-corrected chi connectivity index (χ4v) is 10.1. The number of hydrogen-bond donors (Lipinski definition) is 0. The van der Waals surface area contributed by atoms with E-state index < -0.39 is 0 Å². The molecule has 3 heterocycles. The van der Waals surface area contributed by atoms with Gasteiger partial charge in [-0.3, -0.25) is 14.2 Å². The number of carbonyl (C=O) groups is 1. The van der Waals surface area contributed by atoms with Crippen LogP contribution in [0.25, 0.3) is 0 Å². The van der Waals surface area contributed by atoms with Gasteiger partial charge >= 0.3 is 4.87 Å². The number of thioether (sulfide) groups is 1. The van der Waals surface area contributed by atoms with E-state index in [1.165, 1.54) is 47.5 Å². The Balaban J connectivity index is 1.41. The van der Waals surface area contributed by atoms with E-state index in [9.17, 15) is 9.59 Å². The number of likely N-dealkylation sites (tertiary alicyclic amines) is 1. The van der Waals surface area contributed by atoms with Gasteiger partial charge in [0.15, 0.2) is 0 Å². The highest BCUT2D eigenvalue weighted by atomic mass is 79.9. The Morgan fingerprint density at radius 1 is 1.13 bits per heavy atom. The van der Waals surface area contributed by atoms with Crippen molar-refractivity contribution in [2.45, 2.75) is 61.3 Å². The van der Waals surface area contributed by atoms with Crippen molar-refractivity contribution >= 4 is 44.9 Å². The minimum absolute atomic E-state index is 0.0372. The topological polar surface area (TPSA) is 42.3 Å². The number of fused-ring (bicyclic) bond motifs is 6. The first kappa shape index (κ1) is 20.5. The molecule has 1 aromatic carbocycles. The lowest BCUT2D eigenvalue weighted by Gasteiger charge is -2.40. The van der Waals surface area contributed by atoms with Crippen molar-refractivity contribution in [3.05, 3.63) is 48.8 Å². The Labute approximate surface area is 199 Å². The van der Waals surface area contributed by atoms with E-state index >= 15 is 0 Å². The molecule has 6 rings (SSSR count). The number of hydrogen-bond acceptors (Lipinski definition) is 4. The molecule has 1 amide bonds. The number of benzene rings is 1. The predicted octanol–water partition coefficient (Wildman–Crippen LogP) is 5.34. The van der Waals surface area contributed by atoms with Gasteiger partial charge in [0.2, 0.25) is 5.91 Å². The first-order valence-corrected chi connectivity index (χ1v) is 14.0. The van der Waals surface area contributed by atoms with Gasteiger partial charge in [-0.2, -0.15) is 0 Å². The van der Waals surface area contributed by atoms with Crippen LogP contribution < -0.4 is 4.87 Å². The van der Waals surface area contributed by atoms with E-state index in [-0.39, 0.29) is 23.2 Å². The van der Waals surface area contributed by atoms with Crippen molar-refractivity contribution in [1.82, 2.24) is 9.47 Å². The molecule has 31 heavy (non-hydrogen) atoms. The summed E-state index contributed by atoms with van der Waals surface area (Å²) in [5, 5.41) is 1.65. The van der Waals surface area contributed by atoms with Gasteiger partial charge in [-0.15, -0.1) is 11.8 Å². The Hall–Kier alpha value is -1.05. The van der Waals surface area contributed by atoms with Crippen molar-refractivity contribution < 1.29 is 4.79 Å². The van der Waals surface area contributed by atoms with Crippen LogP contribution in [0.2, 0.25) is 0 Å². The Morgan fingerprint density at radius 2 is 1.94 bits per heavy atom. The van der Waals surface area contributed by atoms with Crippen molar-refractivity contribution in [3.63, 3.8) is 0 Å². The highest BCUT2D eigenvalue weighted by Crippen LogP contribution is 2.64. The minimum Gasteiger partial charge on any atom is -0.341 e. The average molecular weight is 520 g/mol. The van der Waals surface area contributed by atoms with Crippen molar-refractivity contribution in [3.8, 4) is 0 Å². The molecule has 0 spiro atoms. The fourth-order valence-electron chi connectivity index (χ4n) is 6.54. The zero-order valence-electron chi connectivity index (χ0n) is 17.5. The van der Waals surface area contributed by atoms with Crippen LogP contribution in [-0.2, 0) is 11.3 Å². The number of rotatable bonds is 3. The molecule has 2 aliphatic carbocycles. The maximum atomic E-state index is 13.2. The van der Waals surface area contributed by atoms with Gasteiger partial charge in [-0.25, -0.2) is 0 Å². The molecule has 0 N–H and O–H groups in total. The molecule has 3 fully saturated rings. The van der Waals surface area contributed by atoms with E-state index in [1.54, 1.807) is 0 Å². The summed E-state index contributed by atoms with van der Waals surface area (Å²) in [5.74, 6) is 2.51. The molecule has 4 nitrogen and oxygen atoms in total. The third-order valence-electron chi connectivity index (χ3n) is 7.90. The van der Waals surface area contributed by atoms with Gasteiger partial charge < -0.3 is 4.90 Å². The molecule has 2 saturated carbocycles. The number of halogens is 1. The van der Waals surface area contributed by atoms with E-state index in [0.29, 0.717) is 11.2 Å². The second kappa shape index (κ2) is 8.07. The summed E-state index contributed by atoms with van der Waals surface area (Å²) in [5.41, 5.74) is 1.31. The van der Waals surface area contributed by atoms with Crippen LogP contribution in [0.15, 0.2) is 38.6 Å². The van der Waals surface area contributed by atoms with Crippen molar-refractivity contribution in [2.24, 2.45) is 17.8 Å². The van der Waals surface area contributed by atoms with Crippen LogP contribution in [0.1, 0.15) is 54.9 Å². The van der Waals surface area contributed by atoms with E-state index in [1.807, 2.05) is 21.2 Å². The maximum absolute atomic E-state index is 13.2. The average Bonchev–Trinajstić information content (AvgIpc) is 3.47. The van der Waals surface area contributed by atoms with Crippen LogP contribution in [0, 0.1) is 17.8 Å².